The highest BCUT2D eigenvalue weighted by atomic mass is 16.4. The third-order valence-corrected chi connectivity index (χ3v) is 18.2. The van der Waals surface area contributed by atoms with Crippen molar-refractivity contribution in [2.45, 2.75) is 187 Å². The van der Waals surface area contributed by atoms with Crippen molar-refractivity contribution in [3.63, 3.8) is 0 Å². The highest BCUT2D eigenvalue weighted by molar-refractivity contribution is 5.58. The largest absolute Gasteiger partial charge is 0.407 e. The lowest BCUT2D eigenvalue weighted by Crippen LogP contribution is -2.35. The van der Waals surface area contributed by atoms with Crippen LogP contribution < -0.4 is 22.8 Å². The molecule has 11 aromatic rings. The van der Waals surface area contributed by atoms with Crippen LogP contribution in [0.2, 0.25) is 0 Å². The zero-order valence-electron chi connectivity index (χ0n) is 56.2. The van der Waals surface area contributed by atoms with Crippen LogP contribution >= 0.6 is 0 Å². The third-order valence-electron chi connectivity index (χ3n) is 18.2. The highest BCUT2D eigenvalue weighted by Crippen LogP contribution is 2.37. The second-order valence-corrected chi connectivity index (χ2v) is 24.5. The first kappa shape index (κ1) is 64.8. The average Bonchev–Trinajstić information content (AvgIpc) is 2.56. The van der Waals surface area contributed by atoms with Gasteiger partial charge in [0.15, 0.2) is 23.0 Å². The fraction of sp³-hybridized carbons (Fsp3) is 0.354. The summed E-state index contributed by atoms with van der Waals surface area (Å²) in [5.74, 6) is 11.3. The summed E-state index contributed by atoms with van der Waals surface area (Å²) in [6, 6.07) is 52.3. The molecule has 5 heterocycles. The van der Waals surface area contributed by atoms with Crippen LogP contribution in [0.1, 0.15) is 178 Å². The quantitative estimate of drug-likeness (QED) is 0.142. The summed E-state index contributed by atoms with van der Waals surface area (Å²) >= 11 is 0. The van der Waals surface area contributed by atoms with Gasteiger partial charge in [-0.2, -0.15) is 0 Å². The van der Waals surface area contributed by atoms with E-state index in [-0.39, 0.29) is 0 Å². The van der Waals surface area contributed by atoms with Gasteiger partial charge in [0.2, 0.25) is 62.7 Å². The van der Waals surface area contributed by atoms with Crippen molar-refractivity contribution in [1.29, 1.82) is 0 Å². The minimum Gasteiger partial charge on any atom is -0.407 e. The molecule has 0 bridgehead atoms. The van der Waals surface area contributed by atoms with Crippen molar-refractivity contribution in [3.05, 3.63) is 260 Å². The number of para-hydroxylation sites is 5. The Bertz CT molecular complexity index is 4080. The molecule has 462 valence electrons. The van der Waals surface area contributed by atoms with Gasteiger partial charge in [0.1, 0.15) is 0 Å². The van der Waals surface area contributed by atoms with Crippen molar-refractivity contribution in [2.24, 2.45) is 0 Å². The Kier molecular flexibility index (Phi) is 21.2. The second-order valence-electron chi connectivity index (χ2n) is 24.5. The molecule has 0 radical (unpaired) electrons. The molecule has 2 aliphatic carbocycles. The molecule has 2 fully saturated rings. The van der Waals surface area contributed by atoms with Gasteiger partial charge in [-0.25, -0.2) is 0 Å². The van der Waals surface area contributed by atoms with Crippen molar-refractivity contribution in [1.82, 2.24) is 0 Å². The molecule has 0 N–H and O–H groups in total. The van der Waals surface area contributed by atoms with Gasteiger partial charge in [0.25, 0.3) is 0 Å². The van der Waals surface area contributed by atoms with Crippen molar-refractivity contribution in [3.8, 4) is 39.8 Å². The molecule has 0 amide bonds. The molecule has 6 aromatic carbocycles. The molecule has 0 aliphatic heterocycles. The molecule has 10 nitrogen and oxygen atoms in total. The number of benzene rings is 6. The summed E-state index contributed by atoms with van der Waals surface area (Å²) in [7, 11) is 0. The third kappa shape index (κ3) is 14.4. The summed E-state index contributed by atoms with van der Waals surface area (Å²) in [5.41, 5.74) is 19.5. The molecule has 89 heavy (non-hydrogen) atoms. The van der Waals surface area contributed by atoms with E-state index in [4.69, 9.17) is 22.1 Å². The summed E-state index contributed by atoms with van der Waals surface area (Å²) in [4.78, 5) is 0. The zero-order valence-corrected chi connectivity index (χ0v) is 56.2. The average molecular weight is 1200 g/mol. The number of aromatic nitrogens is 5. The molecular formula is C79H96N5O5+5. The summed E-state index contributed by atoms with van der Waals surface area (Å²) < 4.78 is 40.5. The standard InChI is InChI=1S/C18H24NO.C18H18NO.C17H22NO.2C13H16NO/c2*1-13-9-7-8-12-17(13)19-14(2)18(20-15(19)3)16-10-5-4-6-11-16;1-12-8-4-7-11-16(12)18-13(2)17(19-14(18)3)15-9-5-6-10-15;2*1-9-7-5-6-8-13(9)14-10(2)11(3)15-12(14)4/h7-9,12,16H,4-6,10-11H2,1-3H3;4-12H,1-3H3;4,7-8,11,15H,5-6,9-10H2,1-3H3;2*5-8H,1-4H3/q5*+1. The summed E-state index contributed by atoms with van der Waals surface area (Å²) in [6.45, 7) is 35.5. The monoisotopic (exact) mass is 1190 g/mol. The molecule has 0 saturated heterocycles. The van der Waals surface area contributed by atoms with E-state index < -0.39 is 0 Å². The van der Waals surface area contributed by atoms with Crippen molar-refractivity contribution >= 4 is 0 Å². The zero-order chi connectivity index (χ0) is 63.6. The van der Waals surface area contributed by atoms with Gasteiger partial charge in [-0.05, 0) is 60.3 Å². The first-order valence-electron chi connectivity index (χ1n) is 32.2. The maximum Gasteiger partial charge on any atom is 0.350 e. The molecule has 2 aliphatic rings. The van der Waals surface area contributed by atoms with Crippen LogP contribution in [0.15, 0.2) is 174 Å². The van der Waals surface area contributed by atoms with Crippen LogP contribution in [0.5, 0.6) is 0 Å². The number of aryl methyl sites for hydroxylation is 12. The molecule has 0 spiro atoms. The first-order valence-corrected chi connectivity index (χ1v) is 32.2. The maximum atomic E-state index is 6.16. The predicted molar refractivity (Wildman–Crippen MR) is 354 cm³/mol. The topological polar surface area (TPSA) is 85.1 Å². The maximum absolute atomic E-state index is 6.16. The smallest absolute Gasteiger partial charge is 0.350 e. The van der Waals surface area contributed by atoms with Crippen molar-refractivity contribution < 1.29 is 44.9 Å². The molecule has 0 unspecified atom stereocenters. The van der Waals surface area contributed by atoms with E-state index in [0.717, 1.165) is 58.0 Å². The molecule has 2 saturated carbocycles. The van der Waals surface area contributed by atoms with E-state index in [2.05, 4.69) is 239 Å². The fourth-order valence-electron chi connectivity index (χ4n) is 13.3. The van der Waals surface area contributed by atoms with E-state index in [1.165, 1.54) is 148 Å². The van der Waals surface area contributed by atoms with Crippen LogP contribution in [0.25, 0.3) is 39.8 Å². The van der Waals surface area contributed by atoms with Gasteiger partial charge in [-0.15, -0.1) is 22.8 Å². The van der Waals surface area contributed by atoms with E-state index in [9.17, 15) is 0 Å². The van der Waals surface area contributed by atoms with Gasteiger partial charge in [-0.3, -0.25) is 0 Å². The Morgan fingerprint density at radius 1 is 0.258 bits per heavy atom. The Balaban J connectivity index is 0.000000133. The lowest BCUT2D eigenvalue weighted by molar-refractivity contribution is -0.614. The Morgan fingerprint density at radius 2 is 0.517 bits per heavy atom. The van der Waals surface area contributed by atoms with E-state index >= 15 is 0 Å². The van der Waals surface area contributed by atoms with Crippen LogP contribution in [-0.2, 0) is 0 Å². The lowest BCUT2D eigenvalue weighted by atomic mass is 9.87. The number of oxazole rings is 5. The molecule has 13 rings (SSSR count). The Morgan fingerprint density at radius 3 is 0.820 bits per heavy atom. The minimum atomic E-state index is 0.618. The van der Waals surface area contributed by atoms with Crippen LogP contribution in [-0.4, -0.2) is 0 Å². The molecule has 0 atom stereocenters. The Hall–Kier alpha value is -8.63. The SMILES string of the molecule is Cc1ccccc1-[n+]1c(C)oc(-c2ccccc2)c1C.Cc1ccccc1-[n+]1c(C)oc(C)c1C.Cc1ccccc1-[n+]1c(C)oc(C)c1C.Cc1ccccc1-[n+]1c(C)oc(C2CCCC2)c1C.Cc1ccccc1-[n+]1c(C)oc(C2CCCCC2)c1C. The Labute approximate surface area is 529 Å². The molecule has 10 heteroatoms. The van der Waals surface area contributed by atoms with Gasteiger partial charge in [0.05, 0.1) is 34.6 Å². The van der Waals surface area contributed by atoms with Gasteiger partial charge in [-0.1, -0.05) is 153 Å². The second kappa shape index (κ2) is 29.1. The first-order chi connectivity index (χ1) is 42.8. The summed E-state index contributed by atoms with van der Waals surface area (Å²) in [6.07, 6.45) is 11.9. The van der Waals surface area contributed by atoms with E-state index in [1.54, 1.807) is 0 Å². The molecular weight excluding hydrogens is 1100 g/mol. The van der Waals surface area contributed by atoms with Gasteiger partial charge >= 0.3 is 29.5 Å². The number of nitrogens with zero attached hydrogens (tertiary/aromatic N) is 5. The number of rotatable bonds is 8. The van der Waals surface area contributed by atoms with Crippen LogP contribution in [0, 0.1) is 118 Å². The van der Waals surface area contributed by atoms with E-state index in [1.807, 2.05) is 52.8 Å². The van der Waals surface area contributed by atoms with Crippen LogP contribution in [0.4, 0.5) is 0 Å². The minimum absolute atomic E-state index is 0.618. The normalized spacial score (nSPS) is 13.2. The highest BCUT2D eigenvalue weighted by Gasteiger charge is 2.34. The lowest BCUT2D eigenvalue weighted by Gasteiger charge is -2.18. The van der Waals surface area contributed by atoms with Gasteiger partial charge < -0.3 is 22.1 Å². The summed E-state index contributed by atoms with van der Waals surface area (Å²) in [5, 5.41) is 0. The van der Waals surface area contributed by atoms with E-state index in [0.29, 0.717) is 11.8 Å². The van der Waals surface area contributed by atoms with Crippen molar-refractivity contribution in [2.75, 3.05) is 0 Å². The van der Waals surface area contributed by atoms with Crippen LogP contribution in [0.3, 0.4) is 0 Å². The fourth-order valence-corrected chi connectivity index (χ4v) is 13.3. The predicted octanol–water partition coefficient (Wildman–Crippen LogP) is 18.4. The number of hydrogen-bond acceptors (Lipinski definition) is 5. The van der Waals surface area contributed by atoms with Gasteiger partial charge in [0, 0.05) is 124 Å². The molecule has 5 aromatic heterocycles. The number of hydrogen-bond donors (Lipinski definition) is 0.